The van der Waals surface area contributed by atoms with Gasteiger partial charge in [0.2, 0.25) is 17.6 Å². The third kappa shape index (κ3) is 5.19. The van der Waals surface area contributed by atoms with Crippen molar-refractivity contribution < 1.29 is 14.1 Å². The van der Waals surface area contributed by atoms with E-state index in [0.29, 0.717) is 37.6 Å². The zero-order chi connectivity index (χ0) is 24.0. The van der Waals surface area contributed by atoms with Gasteiger partial charge in [0.15, 0.2) is 0 Å². The van der Waals surface area contributed by atoms with Crippen molar-refractivity contribution in [3.8, 4) is 28.3 Å². The number of hydrogen-bond acceptors (Lipinski definition) is 6. The van der Waals surface area contributed by atoms with Gasteiger partial charge in [-0.3, -0.25) is 4.79 Å². The molecule has 3 aromatic carbocycles. The topological polar surface area (TPSA) is 71.7 Å². The first-order valence-corrected chi connectivity index (χ1v) is 11.9. The van der Waals surface area contributed by atoms with Gasteiger partial charge in [0.05, 0.1) is 12.8 Å². The number of hydrogen-bond donors (Lipinski definition) is 0. The Morgan fingerprint density at radius 3 is 2.26 bits per heavy atom. The van der Waals surface area contributed by atoms with E-state index in [9.17, 15) is 4.79 Å². The SMILES string of the molecule is COc1ccccc1N1CCN(C(=O)CCc2nc(-c3ccc(-c4ccccc4)cc3)no2)CC1. The minimum atomic E-state index is 0.108. The molecule has 1 aliphatic heterocycles. The maximum Gasteiger partial charge on any atom is 0.227 e. The van der Waals surface area contributed by atoms with Crippen molar-refractivity contribution in [2.45, 2.75) is 12.8 Å². The molecule has 1 aromatic heterocycles. The lowest BCUT2D eigenvalue weighted by Gasteiger charge is -2.36. The van der Waals surface area contributed by atoms with Gasteiger partial charge in [-0.15, -0.1) is 0 Å². The molecule has 0 bridgehead atoms. The maximum atomic E-state index is 12.8. The summed E-state index contributed by atoms with van der Waals surface area (Å²) in [6, 6.07) is 26.3. The highest BCUT2D eigenvalue weighted by Crippen LogP contribution is 2.28. The predicted molar refractivity (Wildman–Crippen MR) is 135 cm³/mol. The molecular weight excluding hydrogens is 440 g/mol. The highest BCUT2D eigenvalue weighted by molar-refractivity contribution is 5.77. The van der Waals surface area contributed by atoms with E-state index < -0.39 is 0 Å². The summed E-state index contributed by atoms with van der Waals surface area (Å²) in [5.74, 6) is 1.98. The molecule has 178 valence electrons. The van der Waals surface area contributed by atoms with E-state index in [1.807, 2.05) is 53.4 Å². The highest BCUT2D eigenvalue weighted by Gasteiger charge is 2.23. The molecule has 0 N–H and O–H groups in total. The standard InChI is InChI=1S/C28H28N4O3/c1-34-25-10-6-5-9-24(25)31-17-19-32(20-18-31)27(33)16-15-26-29-28(30-35-26)23-13-11-22(12-14-23)21-7-3-2-4-8-21/h2-14H,15-20H2,1H3. The molecule has 7 heteroatoms. The number of aromatic nitrogens is 2. The first-order valence-electron chi connectivity index (χ1n) is 11.9. The number of methoxy groups -OCH3 is 1. The second-order valence-electron chi connectivity index (χ2n) is 8.49. The molecule has 0 radical (unpaired) electrons. The zero-order valence-corrected chi connectivity index (χ0v) is 19.8. The Morgan fingerprint density at radius 2 is 1.51 bits per heavy atom. The predicted octanol–water partition coefficient (Wildman–Crippen LogP) is 4.69. The number of ether oxygens (including phenoxy) is 1. The van der Waals surface area contributed by atoms with Crippen LogP contribution in [0.25, 0.3) is 22.5 Å². The lowest BCUT2D eigenvalue weighted by Crippen LogP contribution is -2.48. The molecule has 1 fully saturated rings. The van der Waals surface area contributed by atoms with E-state index in [4.69, 9.17) is 9.26 Å². The zero-order valence-electron chi connectivity index (χ0n) is 19.8. The van der Waals surface area contributed by atoms with Crippen LogP contribution < -0.4 is 9.64 Å². The average molecular weight is 469 g/mol. The van der Waals surface area contributed by atoms with Gasteiger partial charge in [-0.05, 0) is 23.3 Å². The first-order chi connectivity index (χ1) is 17.2. The van der Waals surface area contributed by atoms with Crippen molar-refractivity contribution in [2.24, 2.45) is 0 Å². The quantitative estimate of drug-likeness (QED) is 0.392. The molecule has 7 nitrogen and oxygen atoms in total. The number of carbonyl (C=O) groups excluding carboxylic acids is 1. The van der Waals surface area contributed by atoms with Crippen molar-refractivity contribution in [2.75, 3.05) is 38.2 Å². The van der Waals surface area contributed by atoms with E-state index in [1.54, 1.807) is 7.11 Å². The van der Waals surface area contributed by atoms with E-state index in [2.05, 4.69) is 45.4 Å². The molecule has 1 saturated heterocycles. The summed E-state index contributed by atoms with van der Waals surface area (Å²) in [5.41, 5.74) is 4.25. The van der Waals surface area contributed by atoms with Gasteiger partial charge in [0.25, 0.3) is 0 Å². The number of nitrogens with zero attached hydrogens (tertiary/aromatic N) is 4. The minimum absolute atomic E-state index is 0.108. The number of rotatable bonds is 7. The van der Waals surface area contributed by atoms with Gasteiger partial charge in [0.1, 0.15) is 5.75 Å². The van der Waals surface area contributed by atoms with Gasteiger partial charge < -0.3 is 19.1 Å². The second-order valence-corrected chi connectivity index (χ2v) is 8.49. The molecule has 0 unspecified atom stereocenters. The Morgan fingerprint density at radius 1 is 0.857 bits per heavy atom. The summed E-state index contributed by atoms with van der Waals surface area (Å²) < 4.78 is 10.9. The number of piperazine rings is 1. The lowest BCUT2D eigenvalue weighted by molar-refractivity contribution is -0.131. The van der Waals surface area contributed by atoms with Crippen molar-refractivity contribution >= 4 is 11.6 Å². The van der Waals surface area contributed by atoms with Crippen molar-refractivity contribution in [3.63, 3.8) is 0 Å². The van der Waals surface area contributed by atoms with Crippen molar-refractivity contribution in [1.82, 2.24) is 15.0 Å². The first kappa shape index (κ1) is 22.7. The molecule has 0 saturated carbocycles. The summed E-state index contributed by atoms with van der Waals surface area (Å²) in [5, 5.41) is 4.11. The Bertz CT molecular complexity index is 1260. The number of anilines is 1. The third-order valence-corrected chi connectivity index (χ3v) is 6.33. The van der Waals surface area contributed by atoms with Crippen LogP contribution in [-0.4, -0.2) is 54.2 Å². The van der Waals surface area contributed by atoms with Gasteiger partial charge >= 0.3 is 0 Å². The minimum Gasteiger partial charge on any atom is -0.495 e. The Kier molecular flexibility index (Phi) is 6.75. The molecule has 5 rings (SSSR count). The molecule has 1 amide bonds. The van der Waals surface area contributed by atoms with Gasteiger partial charge in [0, 0.05) is 44.6 Å². The molecular formula is C28H28N4O3. The number of amides is 1. The monoisotopic (exact) mass is 468 g/mol. The number of carbonyl (C=O) groups is 1. The second kappa shape index (κ2) is 10.4. The van der Waals surface area contributed by atoms with E-state index in [1.165, 1.54) is 0 Å². The molecule has 0 spiro atoms. The molecule has 0 atom stereocenters. The summed E-state index contributed by atoms with van der Waals surface area (Å²) in [6.07, 6.45) is 0.782. The van der Waals surface area contributed by atoms with Crippen molar-refractivity contribution in [3.05, 3.63) is 84.8 Å². The van der Waals surface area contributed by atoms with Crippen LogP contribution in [0.15, 0.2) is 83.4 Å². The van der Waals surface area contributed by atoms with Crippen LogP contribution in [0.5, 0.6) is 5.75 Å². The number of benzene rings is 3. The van der Waals surface area contributed by atoms with E-state index >= 15 is 0 Å². The van der Waals surface area contributed by atoms with Gasteiger partial charge in [-0.25, -0.2) is 0 Å². The molecule has 2 heterocycles. The summed E-state index contributed by atoms with van der Waals surface area (Å²) >= 11 is 0. The molecule has 4 aromatic rings. The summed E-state index contributed by atoms with van der Waals surface area (Å²) in [6.45, 7) is 2.91. The summed E-state index contributed by atoms with van der Waals surface area (Å²) in [7, 11) is 1.68. The molecule has 0 aliphatic carbocycles. The van der Waals surface area contributed by atoms with Crippen LogP contribution in [0.2, 0.25) is 0 Å². The van der Waals surface area contributed by atoms with E-state index in [-0.39, 0.29) is 5.91 Å². The Hall–Kier alpha value is -4.13. The Balaban J connectivity index is 1.13. The van der Waals surface area contributed by atoms with Crippen LogP contribution >= 0.6 is 0 Å². The fourth-order valence-electron chi connectivity index (χ4n) is 4.38. The molecule has 35 heavy (non-hydrogen) atoms. The maximum absolute atomic E-state index is 12.8. The van der Waals surface area contributed by atoms with E-state index in [0.717, 1.165) is 41.2 Å². The average Bonchev–Trinajstić information content (AvgIpc) is 3.41. The number of aryl methyl sites for hydroxylation is 1. The fourth-order valence-corrected chi connectivity index (χ4v) is 4.38. The normalized spacial score (nSPS) is 13.6. The smallest absolute Gasteiger partial charge is 0.227 e. The van der Waals surface area contributed by atoms with Crippen molar-refractivity contribution in [1.29, 1.82) is 0 Å². The summed E-state index contributed by atoms with van der Waals surface area (Å²) in [4.78, 5) is 21.4. The van der Waals surface area contributed by atoms with Gasteiger partial charge in [-0.1, -0.05) is 71.9 Å². The van der Waals surface area contributed by atoms with Crippen LogP contribution in [0.1, 0.15) is 12.3 Å². The Labute approximate surface area is 204 Å². The van der Waals surface area contributed by atoms with Crippen LogP contribution in [-0.2, 0) is 11.2 Å². The van der Waals surface area contributed by atoms with Crippen LogP contribution in [0.4, 0.5) is 5.69 Å². The van der Waals surface area contributed by atoms with Crippen LogP contribution in [0, 0.1) is 0 Å². The number of para-hydroxylation sites is 2. The lowest BCUT2D eigenvalue weighted by atomic mass is 10.0. The largest absolute Gasteiger partial charge is 0.495 e. The highest BCUT2D eigenvalue weighted by atomic mass is 16.5. The van der Waals surface area contributed by atoms with Crippen LogP contribution in [0.3, 0.4) is 0 Å². The fraction of sp³-hybridized carbons (Fsp3) is 0.250. The molecule has 1 aliphatic rings. The van der Waals surface area contributed by atoms with Gasteiger partial charge in [-0.2, -0.15) is 4.98 Å². The third-order valence-electron chi connectivity index (χ3n) is 6.33.